The number of aryl methyl sites for hydroxylation is 2. The van der Waals surface area contributed by atoms with Crippen molar-refractivity contribution in [1.29, 1.82) is 0 Å². The van der Waals surface area contributed by atoms with Gasteiger partial charge < -0.3 is 10.6 Å². The van der Waals surface area contributed by atoms with Gasteiger partial charge in [0.15, 0.2) is 5.69 Å². The van der Waals surface area contributed by atoms with Gasteiger partial charge in [-0.25, -0.2) is 4.68 Å². The Bertz CT molecular complexity index is 591. The number of carbonyl (C=O) groups is 1. The van der Waals surface area contributed by atoms with Crippen LogP contribution in [-0.2, 0) is 0 Å². The number of carbonyl (C=O) groups excluding carboxylic acids is 1. The predicted molar refractivity (Wildman–Crippen MR) is 67.9 cm³/mol. The van der Waals surface area contributed by atoms with Gasteiger partial charge in [-0.05, 0) is 13.8 Å². The van der Waals surface area contributed by atoms with E-state index in [2.05, 4.69) is 31.1 Å². The normalized spacial score (nSPS) is 15.3. The molecule has 1 fully saturated rings. The molecule has 1 amide bonds. The lowest BCUT2D eigenvalue weighted by Gasteiger charge is -2.26. The molecular weight excluding hydrogens is 246 g/mol. The number of nitrogens with zero attached hydrogens (tertiary/aromatic N) is 4. The molecule has 3 rings (SSSR count). The smallest absolute Gasteiger partial charge is 0.277 e. The maximum absolute atomic E-state index is 12.1. The van der Waals surface area contributed by atoms with Gasteiger partial charge in [0.1, 0.15) is 0 Å². The molecule has 0 aromatic carbocycles. The van der Waals surface area contributed by atoms with E-state index in [4.69, 9.17) is 0 Å². The molecule has 8 nitrogen and oxygen atoms in total. The van der Waals surface area contributed by atoms with Crippen LogP contribution in [0.1, 0.15) is 27.9 Å². The molecule has 0 aliphatic carbocycles. The zero-order chi connectivity index (χ0) is 13.4. The third-order valence-electron chi connectivity index (χ3n) is 3.24. The highest BCUT2D eigenvalue weighted by atomic mass is 16.2. The second kappa shape index (κ2) is 4.47. The van der Waals surface area contributed by atoms with Crippen LogP contribution in [0.5, 0.6) is 0 Å². The molecule has 100 valence electrons. The van der Waals surface area contributed by atoms with Crippen LogP contribution in [0.25, 0.3) is 0 Å². The quantitative estimate of drug-likeness (QED) is 0.723. The minimum absolute atomic E-state index is 0.272. The monoisotopic (exact) mass is 261 g/mol. The van der Waals surface area contributed by atoms with Gasteiger partial charge in [-0.15, -0.1) is 5.10 Å². The average molecular weight is 261 g/mol. The van der Waals surface area contributed by atoms with Crippen LogP contribution in [0.4, 0.5) is 5.69 Å². The van der Waals surface area contributed by atoms with Crippen LogP contribution >= 0.6 is 0 Å². The zero-order valence-corrected chi connectivity index (χ0v) is 10.8. The van der Waals surface area contributed by atoms with Gasteiger partial charge in [-0.1, -0.05) is 5.21 Å². The van der Waals surface area contributed by atoms with Crippen LogP contribution in [0, 0.1) is 13.8 Å². The molecule has 19 heavy (non-hydrogen) atoms. The Morgan fingerprint density at radius 1 is 1.47 bits per heavy atom. The van der Waals surface area contributed by atoms with Crippen molar-refractivity contribution in [3.05, 3.63) is 23.3 Å². The molecule has 0 spiro atoms. The van der Waals surface area contributed by atoms with E-state index in [0.717, 1.165) is 24.5 Å². The largest absolute Gasteiger partial charge is 0.317 e. The number of amides is 1. The Balaban J connectivity index is 1.75. The van der Waals surface area contributed by atoms with E-state index in [9.17, 15) is 4.79 Å². The summed E-state index contributed by atoms with van der Waals surface area (Å²) in [6, 6.07) is 0.298. The van der Waals surface area contributed by atoms with Crippen molar-refractivity contribution < 1.29 is 4.79 Å². The summed E-state index contributed by atoms with van der Waals surface area (Å²) in [7, 11) is 0. The van der Waals surface area contributed by atoms with Crippen molar-refractivity contribution in [2.75, 3.05) is 18.4 Å². The molecule has 1 aliphatic heterocycles. The highest BCUT2D eigenvalue weighted by molar-refractivity contribution is 6.03. The highest BCUT2D eigenvalue weighted by Gasteiger charge is 2.22. The first-order valence-corrected chi connectivity index (χ1v) is 6.10. The molecule has 0 radical (unpaired) electrons. The SMILES string of the molecule is Cc1n[nH]c(C)c1NC(=O)c1cn(C2CNC2)nn1. The minimum atomic E-state index is -0.272. The van der Waals surface area contributed by atoms with Crippen LogP contribution < -0.4 is 10.6 Å². The Labute approximate surface area is 109 Å². The molecule has 1 saturated heterocycles. The van der Waals surface area contributed by atoms with Crippen molar-refractivity contribution in [2.45, 2.75) is 19.9 Å². The molecule has 8 heteroatoms. The van der Waals surface area contributed by atoms with Crippen molar-refractivity contribution in [3.63, 3.8) is 0 Å². The van der Waals surface area contributed by atoms with Crippen LogP contribution in [0.3, 0.4) is 0 Å². The number of hydrogen-bond donors (Lipinski definition) is 3. The summed E-state index contributed by atoms with van der Waals surface area (Å²) < 4.78 is 1.72. The third kappa shape index (κ3) is 2.10. The maximum Gasteiger partial charge on any atom is 0.277 e. The number of aromatic amines is 1. The van der Waals surface area contributed by atoms with E-state index < -0.39 is 0 Å². The fraction of sp³-hybridized carbons (Fsp3) is 0.455. The van der Waals surface area contributed by atoms with Gasteiger partial charge in [0.25, 0.3) is 5.91 Å². The first-order chi connectivity index (χ1) is 9.15. The number of anilines is 1. The Kier molecular flexibility index (Phi) is 2.79. The number of hydrogen-bond acceptors (Lipinski definition) is 5. The van der Waals surface area contributed by atoms with E-state index in [1.165, 1.54) is 0 Å². The van der Waals surface area contributed by atoms with Gasteiger partial charge in [0.2, 0.25) is 0 Å². The summed E-state index contributed by atoms with van der Waals surface area (Å²) >= 11 is 0. The van der Waals surface area contributed by atoms with E-state index in [-0.39, 0.29) is 5.91 Å². The molecule has 2 aromatic rings. The molecule has 1 aliphatic rings. The van der Waals surface area contributed by atoms with Gasteiger partial charge in [0, 0.05) is 13.1 Å². The van der Waals surface area contributed by atoms with Crippen molar-refractivity contribution in [2.24, 2.45) is 0 Å². The third-order valence-corrected chi connectivity index (χ3v) is 3.24. The molecule has 3 heterocycles. The topological polar surface area (TPSA) is 101 Å². The second-order valence-corrected chi connectivity index (χ2v) is 4.66. The lowest BCUT2D eigenvalue weighted by Crippen LogP contribution is -2.43. The van der Waals surface area contributed by atoms with E-state index in [0.29, 0.717) is 17.4 Å². The fourth-order valence-corrected chi connectivity index (χ4v) is 1.93. The Hall–Kier alpha value is -2.22. The van der Waals surface area contributed by atoms with Crippen molar-refractivity contribution >= 4 is 11.6 Å². The molecule has 0 unspecified atom stereocenters. The first kappa shape index (κ1) is 11.8. The maximum atomic E-state index is 12.1. The second-order valence-electron chi connectivity index (χ2n) is 4.66. The summed E-state index contributed by atoms with van der Waals surface area (Å²) in [4.78, 5) is 12.1. The lowest BCUT2D eigenvalue weighted by molar-refractivity contribution is 0.102. The van der Waals surface area contributed by atoms with Crippen molar-refractivity contribution in [1.82, 2.24) is 30.5 Å². The molecule has 0 bridgehead atoms. The summed E-state index contributed by atoms with van der Waals surface area (Å²) in [6.07, 6.45) is 1.67. The first-order valence-electron chi connectivity index (χ1n) is 6.10. The summed E-state index contributed by atoms with van der Waals surface area (Å²) in [5, 5.41) is 20.7. The number of H-pyrrole nitrogens is 1. The fourth-order valence-electron chi connectivity index (χ4n) is 1.93. The van der Waals surface area contributed by atoms with Gasteiger partial charge in [-0.2, -0.15) is 5.10 Å². The van der Waals surface area contributed by atoms with Crippen LogP contribution in [0.2, 0.25) is 0 Å². The number of nitrogens with one attached hydrogen (secondary N) is 3. The summed E-state index contributed by atoms with van der Waals surface area (Å²) in [5.74, 6) is -0.272. The van der Waals surface area contributed by atoms with Crippen LogP contribution in [-0.4, -0.2) is 44.2 Å². The van der Waals surface area contributed by atoms with Gasteiger partial charge in [-0.3, -0.25) is 9.89 Å². The number of aromatic nitrogens is 5. The zero-order valence-electron chi connectivity index (χ0n) is 10.8. The minimum Gasteiger partial charge on any atom is -0.317 e. The van der Waals surface area contributed by atoms with E-state index >= 15 is 0 Å². The summed E-state index contributed by atoms with van der Waals surface area (Å²) in [5.41, 5.74) is 2.58. The molecule has 0 atom stereocenters. The van der Waals surface area contributed by atoms with Crippen LogP contribution in [0.15, 0.2) is 6.20 Å². The van der Waals surface area contributed by atoms with Gasteiger partial charge >= 0.3 is 0 Å². The highest BCUT2D eigenvalue weighted by Crippen LogP contribution is 2.17. The standard InChI is InChI=1S/C11H15N7O/c1-6-10(7(2)15-14-6)13-11(19)9-5-18(17-16-9)8-3-12-4-8/h5,8,12H,3-4H2,1-2H3,(H,13,19)(H,14,15). The molecule has 2 aromatic heterocycles. The van der Waals surface area contributed by atoms with E-state index in [1.807, 2.05) is 13.8 Å². The average Bonchev–Trinajstić information content (AvgIpc) is 2.89. The lowest BCUT2D eigenvalue weighted by atomic mass is 10.2. The predicted octanol–water partition coefficient (Wildman–Crippen LogP) is 0.0146. The van der Waals surface area contributed by atoms with E-state index in [1.54, 1.807) is 10.9 Å². The molecule has 0 saturated carbocycles. The number of rotatable bonds is 3. The Morgan fingerprint density at radius 3 is 2.84 bits per heavy atom. The Morgan fingerprint density at radius 2 is 2.26 bits per heavy atom. The molecular formula is C11H15N7O. The molecule has 3 N–H and O–H groups in total. The summed E-state index contributed by atoms with van der Waals surface area (Å²) in [6.45, 7) is 5.41. The van der Waals surface area contributed by atoms with Crippen molar-refractivity contribution in [3.8, 4) is 0 Å². The van der Waals surface area contributed by atoms with Gasteiger partial charge in [0.05, 0.1) is 29.3 Å².